The van der Waals surface area contributed by atoms with Gasteiger partial charge in [0.1, 0.15) is 11.8 Å². The Bertz CT molecular complexity index is 809. The molecule has 0 aliphatic carbocycles. The lowest BCUT2D eigenvalue weighted by atomic mass is 10.1. The number of rotatable bonds is 1. The zero-order valence-corrected chi connectivity index (χ0v) is 10.0. The van der Waals surface area contributed by atoms with E-state index in [4.69, 9.17) is 0 Å². The summed E-state index contributed by atoms with van der Waals surface area (Å²) >= 11 is 0. The minimum atomic E-state index is -0.252. The van der Waals surface area contributed by atoms with E-state index in [0.29, 0.717) is 5.52 Å². The first-order valence-electron chi connectivity index (χ1n) is 5.53. The highest BCUT2D eigenvalue weighted by Gasteiger charge is 2.09. The minimum Gasteiger partial charge on any atom is -0.325 e. The van der Waals surface area contributed by atoms with Crippen molar-refractivity contribution in [2.45, 2.75) is 6.92 Å². The summed E-state index contributed by atoms with van der Waals surface area (Å²) < 4.78 is 1.27. The van der Waals surface area contributed by atoms with Crippen molar-refractivity contribution >= 4 is 21.9 Å². The first kappa shape index (κ1) is 10.6. The van der Waals surface area contributed by atoms with Gasteiger partial charge in [0.05, 0.1) is 5.52 Å². The Morgan fingerprint density at radius 1 is 1.22 bits per heavy atom. The van der Waals surface area contributed by atoms with Gasteiger partial charge in [-0.3, -0.25) is 4.79 Å². The number of nitrogens with zero attached hydrogens (tertiary/aromatic N) is 4. The van der Waals surface area contributed by atoms with Crippen molar-refractivity contribution in [3.63, 3.8) is 0 Å². The van der Waals surface area contributed by atoms with Crippen LogP contribution in [0.25, 0.3) is 21.9 Å². The molecule has 90 valence electrons. The van der Waals surface area contributed by atoms with Gasteiger partial charge in [-0.2, -0.15) is 0 Å². The van der Waals surface area contributed by atoms with Crippen LogP contribution in [0.3, 0.4) is 0 Å². The molecule has 0 amide bonds. The third-order valence-corrected chi connectivity index (χ3v) is 2.85. The van der Waals surface area contributed by atoms with Gasteiger partial charge in [0.25, 0.3) is 5.56 Å². The van der Waals surface area contributed by atoms with Crippen molar-refractivity contribution in [2.24, 2.45) is 0 Å². The number of benzene rings is 1. The molecule has 1 N–H and O–H groups in total. The quantitative estimate of drug-likeness (QED) is 0.638. The Morgan fingerprint density at radius 2 is 2.06 bits per heavy atom. The summed E-state index contributed by atoms with van der Waals surface area (Å²) in [6.07, 6.45) is 1.45. The molecule has 2 heterocycles. The first-order chi connectivity index (χ1) is 8.70. The Hall–Kier alpha value is -2.50. The van der Waals surface area contributed by atoms with E-state index in [9.17, 15) is 4.79 Å². The molecule has 0 radical (unpaired) electrons. The van der Waals surface area contributed by atoms with Crippen LogP contribution in [0.2, 0.25) is 0 Å². The molecule has 3 aromatic rings. The molecule has 18 heavy (non-hydrogen) atoms. The van der Waals surface area contributed by atoms with Crippen molar-refractivity contribution in [3.05, 3.63) is 40.4 Å². The molecular formula is C12H11N5O. The lowest BCUT2D eigenvalue weighted by Crippen LogP contribution is -2.27. The van der Waals surface area contributed by atoms with E-state index in [1.54, 1.807) is 7.05 Å². The second-order valence-corrected chi connectivity index (χ2v) is 4.06. The monoisotopic (exact) mass is 241 g/mol. The molecular weight excluding hydrogens is 230 g/mol. The van der Waals surface area contributed by atoms with Crippen molar-refractivity contribution in [3.8, 4) is 0 Å². The van der Waals surface area contributed by atoms with Crippen molar-refractivity contribution in [1.82, 2.24) is 19.9 Å². The largest absolute Gasteiger partial charge is 0.325 e. The van der Waals surface area contributed by atoms with E-state index in [-0.39, 0.29) is 11.1 Å². The normalized spacial score (nSPS) is 11.0. The van der Waals surface area contributed by atoms with E-state index in [1.165, 1.54) is 11.0 Å². The fourth-order valence-corrected chi connectivity index (χ4v) is 1.92. The van der Waals surface area contributed by atoms with E-state index in [0.717, 1.165) is 16.5 Å². The maximum Gasteiger partial charge on any atom is 0.300 e. The molecule has 0 spiro atoms. The summed E-state index contributed by atoms with van der Waals surface area (Å²) in [5, 5.41) is 8.89. The van der Waals surface area contributed by atoms with Crippen LogP contribution >= 0.6 is 0 Å². The van der Waals surface area contributed by atoms with Crippen LogP contribution in [0.4, 0.5) is 0 Å². The van der Waals surface area contributed by atoms with Gasteiger partial charge in [-0.15, -0.1) is 10.2 Å². The van der Waals surface area contributed by atoms with E-state index in [1.807, 2.05) is 25.1 Å². The van der Waals surface area contributed by atoms with Crippen LogP contribution < -0.4 is 11.0 Å². The third-order valence-electron chi connectivity index (χ3n) is 2.85. The van der Waals surface area contributed by atoms with Gasteiger partial charge in [-0.05, 0) is 18.6 Å². The van der Waals surface area contributed by atoms with Crippen LogP contribution in [0.1, 0.15) is 5.56 Å². The zero-order chi connectivity index (χ0) is 12.7. The predicted octanol–water partition coefficient (Wildman–Crippen LogP) is 0.821. The molecule has 6 heteroatoms. The molecule has 0 unspecified atom stereocenters. The smallest absolute Gasteiger partial charge is 0.300 e. The number of hydrogen-bond donors (Lipinski definition) is 1. The second kappa shape index (κ2) is 3.76. The van der Waals surface area contributed by atoms with Gasteiger partial charge in [0, 0.05) is 12.4 Å². The molecule has 0 bridgehead atoms. The lowest BCUT2D eigenvalue weighted by Gasteiger charge is -2.05. The minimum absolute atomic E-state index is 0.252. The molecule has 0 aliphatic heterocycles. The van der Waals surface area contributed by atoms with Gasteiger partial charge in [0.15, 0.2) is 5.52 Å². The Kier molecular flexibility index (Phi) is 2.22. The van der Waals surface area contributed by atoms with Crippen molar-refractivity contribution in [2.75, 3.05) is 12.5 Å². The number of fused-ring (bicyclic) bond motifs is 3. The van der Waals surface area contributed by atoms with E-state index >= 15 is 0 Å². The highest BCUT2D eigenvalue weighted by molar-refractivity contribution is 6.00. The molecule has 3 rings (SSSR count). The first-order valence-corrected chi connectivity index (χ1v) is 5.53. The molecule has 6 nitrogen and oxygen atoms in total. The van der Waals surface area contributed by atoms with Crippen LogP contribution in [0.15, 0.2) is 29.3 Å². The second-order valence-electron chi connectivity index (χ2n) is 4.06. The van der Waals surface area contributed by atoms with Gasteiger partial charge in [-0.1, -0.05) is 12.1 Å². The molecule has 0 saturated carbocycles. The fourth-order valence-electron chi connectivity index (χ4n) is 1.92. The van der Waals surface area contributed by atoms with Gasteiger partial charge < -0.3 is 5.43 Å². The van der Waals surface area contributed by atoms with E-state index in [2.05, 4.69) is 20.6 Å². The van der Waals surface area contributed by atoms with Crippen molar-refractivity contribution < 1.29 is 0 Å². The molecule has 0 fully saturated rings. The van der Waals surface area contributed by atoms with E-state index < -0.39 is 0 Å². The average molecular weight is 241 g/mol. The topological polar surface area (TPSA) is 72.7 Å². The van der Waals surface area contributed by atoms with Crippen LogP contribution in [0, 0.1) is 6.92 Å². The van der Waals surface area contributed by atoms with Gasteiger partial charge in [-0.25, -0.2) is 9.66 Å². The predicted molar refractivity (Wildman–Crippen MR) is 69.1 cm³/mol. The standard InChI is InChI=1S/C12H11N5O/c1-7-3-4-8-9(5-7)15-16-11-10(8)14-6-17(13-2)12(11)18/h3-6,13H,1-2H3. The van der Waals surface area contributed by atoms with Crippen LogP contribution in [0.5, 0.6) is 0 Å². The van der Waals surface area contributed by atoms with Gasteiger partial charge >= 0.3 is 0 Å². The summed E-state index contributed by atoms with van der Waals surface area (Å²) in [4.78, 5) is 16.3. The number of hydrogen-bond acceptors (Lipinski definition) is 5. The highest BCUT2D eigenvalue weighted by atomic mass is 16.1. The van der Waals surface area contributed by atoms with Crippen LogP contribution in [-0.2, 0) is 0 Å². The average Bonchev–Trinajstić information content (AvgIpc) is 2.38. The Morgan fingerprint density at radius 3 is 2.83 bits per heavy atom. The van der Waals surface area contributed by atoms with Crippen molar-refractivity contribution in [1.29, 1.82) is 0 Å². The van der Waals surface area contributed by atoms with Gasteiger partial charge in [0.2, 0.25) is 0 Å². The molecule has 0 saturated heterocycles. The summed E-state index contributed by atoms with van der Waals surface area (Å²) in [5.74, 6) is 0. The molecule has 0 atom stereocenters. The Labute approximate surface area is 102 Å². The maximum atomic E-state index is 12.0. The SMILES string of the molecule is CNn1cnc2c(nnc3cc(C)ccc32)c1=O. The molecule has 1 aromatic carbocycles. The number of aryl methyl sites for hydroxylation is 1. The third kappa shape index (κ3) is 1.42. The summed E-state index contributed by atoms with van der Waals surface area (Å²) in [5.41, 5.74) is 5.16. The maximum absolute atomic E-state index is 12.0. The summed E-state index contributed by atoms with van der Waals surface area (Å²) in [7, 11) is 1.65. The lowest BCUT2D eigenvalue weighted by molar-refractivity contribution is 0.847. The molecule has 0 aliphatic rings. The number of aromatic nitrogens is 4. The fraction of sp³-hybridized carbons (Fsp3) is 0.167. The summed E-state index contributed by atoms with van der Waals surface area (Å²) in [6, 6.07) is 5.81. The zero-order valence-electron chi connectivity index (χ0n) is 10.0. The van der Waals surface area contributed by atoms with Crippen LogP contribution in [-0.4, -0.2) is 26.9 Å². The highest BCUT2D eigenvalue weighted by Crippen LogP contribution is 2.18. The molecule has 2 aromatic heterocycles. The Balaban J connectivity index is 2.49. The number of nitrogens with one attached hydrogen (secondary N) is 1. The summed E-state index contributed by atoms with van der Waals surface area (Å²) in [6.45, 7) is 1.98.